The number of halogens is 1. The van der Waals surface area contributed by atoms with E-state index >= 15 is 0 Å². The number of ketones is 1. The number of Topliss-reactive ketones (excluding diaryl/α,β-unsaturated/α-hetero) is 1. The van der Waals surface area contributed by atoms with Crippen molar-refractivity contribution in [1.82, 2.24) is 14.7 Å². The SMILES string of the molecule is Cc1c(C(=O)CN2CCCCC2)cnn1-c1ccc(F)cc1. The van der Waals surface area contributed by atoms with Gasteiger partial charge in [-0.3, -0.25) is 9.69 Å². The molecule has 0 atom stereocenters. The van der Waals surface area contributed by atoms with Crippen LogP contribution < -0.4 is 0 Å². The Morgan fingerprint density at radius 1 is 1.18 bits per heavy atom. The third kappa shape index (κ3) is 3.09. The second kappa shape index (κ2) is 6.40. The Kier molecular flexibility index (Phi) is 4.34. The van der Waals surface area contributed by atoms with Gasteiger partial charge in [0.15, 0.2) is 5.78 Å². The molecule has 1 aliphatic rings. The van der Waals surface area contributed by atoms with Crippen molar-refractivity contribution in [2.24, 2.45) is 0 Å². The fourth-order valence-corrected chi connectivity index (χ4v) is 2.93. The lowest BCUT2D eigenvalue weighted by molar-refractivity contribution is 0.0915. The van der Waals surface area contributed by atoms with Gasteiger partial charge in [0, 0.05) is 0 Å². The molecule has 0 bridgehead atoms. The predicted molar refractivity (Wildman–Crippen MR) is 82.9 cm³/mol. The molecule has 22 heavy (non-hydrogen) atoms. The van der Waals surface area contributed by atoms with Crippen LogP contribution in [0, 0.1) is 12.7 Å². The molecule has 1 aliphatic heterocycles. The maximum Gasteiger partial charge on any atom is 0.180 e. The van der Waals surface area contributed by atoms with Gasteiger partial charge in [-0.1, -0.05) is 6.42 Å². The van der Waals surface area contributed by atoms with Crippen molar-refractivity contribution >= 4 is 5.78 Å². The van der Waals surface area contributed by atoms with Gasteiger partial charge in [-0.05, 0) is 57.1 Å². The van der Waals surface area contributed by atoms with Crippen molar-refractivity contribution in [2.75, 3.05) is 19.6 Å². The smallest absolute Gasteiger partial charge is 0.180 e. The van der Waals surface area contributed by atoms with Gasteiger partial charge in [0.1, 0.15) is 5.82 Å². The first-order chi connectivity index (χ1) is 10.6. The van der Waals surface area contributed by atoms with E-state index in [-0.39, 0.29) is 11.6 Å². The van der Waals surface area contributed by atoms with Gasteiger partial charge in [0.05, 0.1) is 29.7 Å². The van der Waals surface area contributed by atoms with Crippen molar-refractivity contribution in [3.8, 4) is 5.69 Å². The van der Waals surface area contributed by atoms with Gasteiger partial charge >= 0.3 is 0 Å². The maximum atomic E-state index is 13.0. The first-order valence-corrected chi connectivity index (χ1v) is 7.71. The highest BCUT2D eigenvalue weighted by molar-refractivity contribution is 5.98. The van der Waals surface area contributed by atoms with Gasteiger partial charge in [-0.15, -0.1) is 0 Å². The summed E-state index contributed by atoms with van der Waals surface area (Å²) in [6.07, 6.45) is 5.21. The number of benzene rings is 1. The van der Waals surface area contributed by atoms with E-state index in [0.29, 0.717) is 12.1 Å². The van der Waals surface area contributed by atoms with Gasteiger partial charge in [0.2, 0.25) is 0 Å². The fourth-order valence-electron chi connectivity index (χ4n) is 2.93. The Labute approximate surface area is 129 Å². The molecule has 0 saturated carbocycles. The molecule has 4 nitrogen and oxygen atoms in total. The minimum atomic E-state index is -0.282. The highest BCUT2D eigenvalue weighted by Crippen LogP contribution is 2.16. The van der Waals surface area contributed by atoms with Crippen LogP contribution >= 0.6 is 0 Å². The van der Waals surface area contributed by atoms with Crippen molar-refractivity contribution < 1.29 is 9.18 Å². The van der Waals surface area contributed by atoms with Crippen LogP contribution in [0.2, 0.25) is 0 Å². The van der Waals surface area contributed by atoms with Gasteiger partial charge in [0.25, 0.3) is 0 Å². The van der Waals surface area contributed by atoms with Crippen molar-refractivity contribution in [1.29, 1.82) is 0 Å². The van der Waals surface area contributed by atoms with Gasteiger partial charge in [-0.25, -0.2) is 9.07 Å². The Morgan fingerprint density at radius 2 is 1.86 bits per heavy atom. The molecule has 1 fully saturated rings. The Hall–Kier alpha value is -2.01. The lowest BCUT2D eigenvalue weighted by Gasteiger charge is -2.25. The van der Waals surface area contributed by atoms with Crippen molar-refractivity contribution in [3.63, 3.8) is 0 Å². The zero-order valence-corrected chi connectivity index (χ0v) is 12.8. The predicted octanol–water partition coefficient (Wildman–Crippen LogP) is 2.99. The number of likely N-dealkylation sites (tertiary alicyclic amines) is 1. The fraction of sp³-hybridized carbons (Fsp3) is 0.412. The van der Waals surface area contributed by atoms with Crippen LogP contribution in [-0.4, -0.2) is 40.1 Å². The molecule has 1 aromatic carbocycles. The summed E-state index contributed by atoms with van der Waals surface area (Å²) in [6, 6.07) is 6.11. The van der Waals surface area contributed by atoms with Crippen LogP contribution in [0.4, 0.5) is 4.39 Å². The summed E-state index contributed by atoms with van der Waals surface area (Å²) >= 11 is 0. The van der Waals surface area contributed by atoms with Gasteiger partial charge in [-0.2, -0.15) is 5.10 Å². The molecule has 0 radical (unpaired) electrons. The first kappa shape index (κ1) is 14.9. The third-order valence-corrected chi connectivity index (χ3v) is 4.20. The summed E-state index contributed by atoms with van der Waals surface area (Å²) in [5.74, 6) is -0.178. The average Bonchev–Trinajstić information content (AvgIpc) is 2.91. The lowest BCUT2D eigenvalue weighted by Crippen LogP contribution is -2.34. The Balaban J connectivity index is 1.77. The Bertz CT molecular complexity index is 657. The third-order valence-electron chi connectivity index (χ3n) is 4.20. The van der Waals surface area contributed by atoms with E-state index in [1.54, 1.807) is 23.0 Å². The van der Waals surface area contributed by atoms with Crippen LogP contribution in [0.3, 0.4) is 0 Å². The molecule has 2 heterocycles. The van der Waals surface area contributed by atoms with Crippen molar-refractivity contribution in [3.05, 3.63) is 47.5 Å². The summed E-state index contributed by atoms with van der Waals surface area (Å²) < 4.78 is 14.7. The van der Waals surface area contributed by atoms with E-state index in [0.717, 1.165) is 24.5 Å². The summed E-state index contributed by atoms with van der Waals surface area (Å²) in [5, 5.41) is 4.28. The van der Waals surface area contributed by atoms with E-state index in [1.165, 1.54) is 31.4 Å². The van der Waals surface area contributed by atoms with Crippen LogP contribution in [0.5, 0.6) is 0 Å². The number of aromatic nitrogens is 2. The van der Waals surface area contributed by atoms with E-state index in [1.807, 2.05) is 6.92 Å². The number of hydrogen-bond donors (Lipinski definition) is 0. The molecule has 0 N–H and O–H groups in total. The minimum absolute atomic E-state index is 0.104. The zero-order valence-electron chi connectivity index (χ0n) is 12.8. The molecular weight excluding hydrogens is 281 g/mol. The molecule has 1 aromatic heterocycles. The van der Waals surface area contributed by atoms with E-state index < -0.39 is 0 Å². The molecule has 0 unspecified atom stereocenters. The summed E-state index contributed by atoms with van der Waals surface area (Å²) in [4.78, 5) is 14.7. The van der Waals surface area contributed by atoms with Crippen molar-refractivity contribution in [2.45, 2.75) is 26.2 Å². The molecule has 116 valence electrons. The zero-order chi connectivity index (χ0) is 15.5. The quantitative estimate of drug-likeness (QED) is 0.815. The first-order valence-electron chi connectivity index (χ1n) is 7.71. The number of piperidine rings is 1. The highest BCUT2D eigenvalue weighted by Gasteiger charge is 2.19. The summed E-state index contributed by atoms with van der Waals surface area (Å²) in [6.45, 7) is 4.32. The molecule has 0 aliphatic carbocycles. The lowest BCUT2D eigenvalue weighted by atomic mass is 10.1. The van der Waals surface area contributed by atoms with Crippen LogP contribution in [-0.2, 0) is 0 Å². The molecule has 0 amide bonds. The molecular formula is C17H20FN3O. The Morgan fingerprint density at radius 3 is 2.55 bits per heavy atom. The van der Waals surface area contributed by atoms with Crippen LogP contribution in [0.1, 0.15) is 35.3 Å². The monoisotopic (exact) mass is 301 g/mol. The highest BCUT2D eigenvalue weighted by atomic mass is 19.1. The number of nitrogens with zero attached hydrogens (tertiary/aromatic N) is 3. The summed E-state index contributed by atoms with van der Waals surface area (Å²) in [5.41, 5.74) is 2.21. The second-order valence-electron chi connectivity index (χ2n) is 5.79. The van der Waals surface area contributed by atoms with Gasteiger partial charge < -0.3 is 0 Å². The molecule has 3 rings (SSSR count). The summed E-state index contributed by atoms with van der Waals surface area (Å²) in [7, 11) is 0. The molecule has 5 heteroatoms. The van der Waals surface area contributed by atoms with Crippen LogP contribution in [0.25, 0.3) is 5.69 Å². The number of rotatable bonds is 4. The normalized spacial score (nSPS) is 15.9. The van der Waals surface area contributed by atoms with E-state index in [4.69, 9.17) is 0 Å². The number of carbonyl (C=O) groups is 1. The number of carbonyl (C=O) groups excluding carboxylic acids is 1. The second-order valence-corrected chi connectivity index (χ2v) is 5.79. The number of hydrogen-bond acceptors (Lipinski definition) is 3. The van der Waals surface area contributed by atoms with E-state index in [2.05, 4.69) is 10.00 Å². The topological polar surface area (TPSA) is 38.1 Å². The van der Waals surface area contributed by atoms with E-state index in [9.17, 15) is 9.18 Å². The average molecular weight is 301 g/mol. The minimum Gasteiger partial charge on any atom is -0.296 e. The standard InChI is InChI=1S/C17H20FN3O/c1-13-16(17(22)12-20-9-3-2-4-10-20)11-19-21(13)15-7-5-14(18)6-8-15/h5-8,11H,2-4,9-10,12H2,1H3. The molecule has 1 saturated heterocycles. The largest absolute Gasteiger partial charge is 0.296 e. The molecule has 2 aromatic rings. The maximum absolute atomic E-state index is 13.0. The van der Waals surface area contributed by atoms with Crippen LogP contribution in [0.15, 0.2) is 30.5 Å². The molecule has 0 spiro atoms.